The van der Waals surface area contributed by atoms with Crippen molar-refractivity contribution in [3.63, 3.8) is 0 Å². The minimum atomic E-state index is -0.813. The Morgan fingerprint density at radius 2 is 1.82 bits per heavy atom. The lowest BCUT2D eigenvalue weighted by molar-refractivity contribution is -0.497. The third kappa shape index (κ3) is 8.71. The van der Waals surface area contributed by atoms with Gasteiger partial charge < -0.3 is 21.7 Å². The third-order valence-electron chi connectivity index (χ3n) is 4.32. The third-order valence-corrected chi connectivity index (χ3v) is 4.56. The highest BCUT2D eigenvalue weighted by atomic mass is 32.1. The van der Waals surface area contributed by atoms with Gasteiger partial charge in [-0.25, -0.2) is 14.3 Å². The molecular weight excluding hydrogens is 452 g/mol. The number of rotatable bonds is 12. The summed E-state index contributed by atoms with van der Waals surface area (Å²) in [6.45, 7) is 0.313. The Bertz CT molecular complexity index is 1020. The van der Waals surface area contributed by atoms with E-state index in [0.29, 0.717) is 12.0 Å². The molecule has 0 spiro atoms. The van der Waals surface area contributed by atoms with Crippen molar-refractivity contribution in [1.82, 2.24) is 10.6 Å². The van der Waals surface area contributed by atoms with Gasteiger partial charge in [0.1, 0.15) is 28.3 Å². The number of nitrogen functional groups attached to an aromatic ring is 1. The molecule has 0 radical (unpaired) electrons. The second-order valence-corrected chi connectivity index (χ2v) is 7.27. The normalized spacial score (nSPS) is 10.9. The Morgan fingerprint density at radius 1 is 1.15 bits per heavy atom. The zero-order chi connectivity index (χ0) is 24.2. The number of nitrogens with zero attached hydrogens (tertiary/aromatic N) is 1. The SMILES string of the molecule is N=N/C(=C\[NH2+]c1cc(F)c(NCCNC(=O)Cc2ccc(N)cc2)c(F)c1)CNC(=S)C=O. The molecule has 33 heavy (non-hydrogen) atoms. The van der Waals surface area contributed by atoms with Gasteiger partial charge in [-0.3, -0.25) is 14.9 Å². The number of aldehydes is 1. The number of benzene rings is 2. The molecular formula is C21H24F2N7O2S+. The van der Waals surface area contributed by atoms with Gasteiger partial charge in [0.25, 0.3) is 0 Å². The quantitative estimate of drug-likeness (QED) is 0.0899. The lowest BCUT2D eigenvalue weighted by atomic mass is 10.1. The second kappa shape index (κ2) is 12.9. The summed E-state index contributed by atoms with van der Waals surface area (Å²) in [6, 6.07) is 9.15. The molecule has 0 fully saturated rings. The number of amides is 1. The fourth-order valence-corrected chi connectivity index (χ4v) is 2.75. The molecule has 0 heterocycles. The lowest BCUT2D eigenvalue weighted by Crippen LogP contribution is -2.71. The van der Waals surface area contributed by atoms with Crippen LogP contribution in [0.5, 0.6) is 0 Å². The van der Waals surface area contributed by atoms with E-state index in [1.807, 2.05) is 0 Å². The van der Waals surface area contributed by atoms with Gasteiger partial charge in [0.05, 0.1) is 13.0 Å². The zero-order valence-corrected chi connectivity index (χ0v) is 18.3. The van der Waals surface area contributed by atoms with E-state index in [2.05, 4.69) is 33.3 Å². The van der Waals surface area contributed by atoms with Crippen LogP contribution in [0, 0.1) is 17.2 Å². The zero-order valence-electron chi connectivity index (χ0n) is 17.5. The minimum absolute atomic E-state index is 0.0201. The Kier molecular flexibility index (Phi) is 9.99. The first kappa shape index (κ1) is 25.5. The summed E-state index contributed by atoms with van der Waals surface area (Å²) in [5.41, 5.74) is 14.2. The number of thiocarbonyl (C=S) groups is 1. The highest BCUT2D eigenvalue weighted by Crippen LogP contribution is 2.21. The lowest BCUT2D eigenvalue weighted by Gasteiger charge is -2.10. The van der Waals surface area contributed by atoms with Crippen LogP contribution in [0.1, 0.15) is 5.56 Å². The first-order chi connectivity index (χ1) is 15.8. The van der Waals surface area contributed by atoms with Gasteiger partial charge in [-0.1, -0.05) is 24.4 Å². The van der Waals surface area contributed by atoms with Gasteiger partial charge in [-0.2, -0.15) is 5.11 Å². The van der Waals surface area contributed by atoms with Crippen LogP contribution < -0.4 is 27.0 Å². The molecule has 0 saturated heterocycles. The highest BCUT2D eigenvalue weighted by Gasteiger charge is 2.13. The predicted octanol–water partition coefficient (Wildman–Crippen LogP) is 1.50. The summed E-state index contributed by atoms with van der Waals surface area (Å²) in [5.74, 6) is -1.85. The van der Waals surface area contributed by atoms with E-state index in [4.69, 9.17) is 11.3 Å². The van der Waals surface area contributed by atoms with Gasteiger partial charge >= 0.3 is 0 Å². The standard InChI is InChI=1S/C21H23F2N7O2S/c22-17-8-15(28-10-16(30-25)11-29-20(33)12-31)9-18(23)21(17)27-6-5-26-19(32)7-13-1-3-14(24)4-2-13/h1-4,8-10,12,25,27-28H,5-7,11,24H2,(H,26,32)(H,29,33)/p+1/b16-10-,30-25?. The number of quaternary nitrogens is 1. The molecule has 0 atom stereocenters. The van der Waals surface area contributed by atoms with Gasteiger partial charge in [0, 0.05) is 30.9 Å². The molecule has 9 nitrogen and oxygen atoms in total. The van der Waals surface area contributed by atoms with Crippen molar-refractivity contribution in [3.05, 3.63) is 65.5 Å². The summed E-state index contributed by atoms with van der Waals surface area (Å²) in [5, 5.41) is 12.5. The molecule has 0 saturated carbocycles. The maximum absolute atomic E-state index is 14.4. The molecule has 8 N–H and O–H groups in total. The molecule has 0 aliphatic carbocycles. The number of hydrogen-bond acceptors (Lipinski definition) is 7. The molecule has 12 heteroatoms. The van der Waals surface area contributed by atoms with Gasteiger partial charge in [-0.15, -0.1) is 0 Å². The predicted molar refractivity (Wildman–Crippen MR) is 124 cm³/mol. The Hall–Kier alpha value is -3.77. The van der Waals surface area contributed by atoms with E-state index < -0.39 is 11.6 Å². The number of anilines is 2. The van der Waals surface area contributed by atoms with Gasteiger partial charge in [0.15, 0.2) is 17.9 Å². The monoisotopic (exact) mass is 476 g/mol. The summed E-state index contributed by atoms with van der Waals surface area (Å²) in [6.07, 6.45) is 2.00. The van der Waals surface area contributed by atoms with Crippen LogP contribution in [-0.4, -0.2) is 36.8 Å². The minimum Gasteiger partial charge on any atom is -0.399 e. The molecule has 174 valence electrons. The molecule has 2 aromatic rings. The molecule has 0 aromatic heterocycles. The van der Waals surface area contributed by atoms with E-state index in [0.717, 1.165) is 17.7 Å². The summed E-state index contributed by atoms with van der Waals surface area (Å²) < 4.78 is 28.7. The molecule has 0 aliphatic heterocycles. The van der Waals surface area contributed by atoms with Crippen molar-refractivity contribution in [2.24, 2.45) is 5.11 Å². The summed E-state index contributed by atoms with van der Waals surface area (Å²) >= 11 is 4.69. The van der Waals surface area contributed by atoms with E-state index in [1.54, 1.807) is 24.3 Å². The maximum Gasteiger partial charge on any atom is 0.224 e. The molecule has 0 bridgehead atoms. The van der Waals surface area contributed by atoms with Crippen LogP contribution in [0.4, 0.5) is 25.8 Å². The van der Waals surface area contributed by atoms with Crippen molar-refractivity contribution in [2.75, 3.05) is 30.7 Å². The highest BCUT2D eigenvalue weighted by molar-refractivity contribution is 7.81. The van der Waals surface area contributed by atoms with Crippen LogP contribution in [0.3, 0.4) is 0 Å². The molecule has 0 unspecified atom stereocenters. The van der Waals surface area contributed by atoms with E-state index in [9.17, 15) is 18.4 Å². The van der Waals surface area contributed by atoms with Crippen LogP contribution in [-0.2, 0) is 16.0 Å². The number of carbonyl (C=O) groups is 2. The number of halogens is 2. The summed E-state index contributed by atoms with van der Waals surface area (Å²) in [7, 11) is 0. The number of nitrogens with two attached hydrogens (primary N) is 2. The number of hydrogen-bond donors (Lipinski definition) is 6. The fraction of sp³-hybridized carbons (Fsp3) is 0.190. The van der Waals surface area contributed by atoms with Gasteiger partial charge in [0.2, 0.25) is 5.91 Å². The van der Waals surface area contributed by atoms with E-state index in [-0.39, 0.29) is 54.0 Å². The average molecular weight is 477 g/mol. The average Bonchev–Trinajstić information content (AvgIpc) is 2.79. The Balaban J connectivity index is 1.85. The number of carbonyl (C=O) groups excluding carboxylic acids is 2. The van der Waals surface area contributed by atoms with Crippen LogP contribution in [0.2, 0.25) is 0 Å². The van der Waals surface area contributed by atoms with Crippen molar-refractivity contribution in [2.45, 2.75) is 6.42 Å². The smallest absolute Gasteiger partial charge is 0.224 e. The first-order valence-electron chi connectivity index (χ1n) is 9.80. The van der Waals surface area contributed by atoms with Crippen LogP contribution >= 0.6 is 12.2 Å². The van der Waals surface area contributed by atoms with Crippen molar-refractivity contribution >= 4 is 46.5 Å². The Morgan fingerprint density at radius 3 is 2.42 bits per heavy atom. The van der Waals surface area contributed by atoms with Crippen molar-refractivity contribution < 1.29 is 23.7 Å². The van der Waals surface area contributed by atoms with Crippen molar-refractivity contribution in [3.8, 4) is 0 Å². The fourth-order valence-electron chi connectivity index (χ4n) is 2.68. The molecule has 2 rings (SSSR count). The Labute approximate surface area is 194 Å². The van der Waals surface area contributed by atoms with E-state index >= 15 is 0 Å². The van der Waals surface area contributed by atoms with E-state index in [1.165, 1.54) is 11.5 Å². The molecule has 0 aliphatic rings. The topological polar surface area (TPSA) is 149 Å². The van der Waals surface area contributed by atoms with Crippen LogP contribution in [0.25, 0.3) is 0 Å². The summed E-state index contributed by atoms with van der Waals surface area (Å²) in [4.78, 5) is 22.4. The number of nitrogens with one attached hydrogen (secondary N) is 4. The van der Waals surface area contributed by atoms with Crippen molar-refractivity contribution in [1.29, 1.82) is 5.53 Å². The second-order valence-electron chi connectivity index (χ2n) is 6.83. The molecule has 1 amide bonds. The first-order valence-corrected chi connectivity index (χ1v) is 10.2. The van der Waals surface area contributed by atoms with Gasteiger partial charge in [-0.05, 0) is 17.7 Å². The maximum atomic E-state index is 14.4. The molecule has 2 aromatic carbocycles. The largest absolute Gasteiger partial charge is 0.399 e. The van der Waals surface area contributed by atoms with Crippen LogP contribution in [0.15, 0.2) is 53.4 Å².